The first kappa shape index (κ1) is 14.2. The normalized spacial score (nSPS) is 32.6. The van der Waals surface area contributed by atoms with Gasteiger partial charge in [0.25, 0.3) is 0 Å². The fraction of sp³-hybridized carbons (Fsp3) is 0.769. The third kappa shape index (κ3) is 3.82. The van der Waals surface area contributed by atoms with Crippen molar-refractivity contribution in [3.63, 3.8) is 0 Å². The highest BCUT2D eigenvalue weighted by atomic mass is 16.7. The van der Waals surface area contributed by atoms with Gasteiger partial charge in [-0.25, -0.2) is 0 Å². The summed E-state index contributed by atoms with van der Waals surface area (Å²) < 4.78 is 16.3. The Morgan fingerprint density at radius 3 is 2.59 bits per heavy atom. The predicted molar refractivity (Wildman–Crippen MR) is 64.4 cm³/mol. The zero-order chi connectivity index (χ0) is 13.1. The van der Waals surface area contributed by atoms with E-state index in [4.69, 9.17) is 9.47 Å². The molecule has 4 heteroatoms. The van der Waals surface area contributed by atoms with Crippen LogP contribution in [0.15, 0.2) is 12.2 Å². The number of esters is 1. The van der Waals surface area contributed by atoms with Crippen molar-refractivity contribution in [3.8, 4) is 0 Å². The Hall–Kier alpha value is -0.870. The molecule has 3 atom stereocenters. The van der Waals surface area contributed by atoms with Crippen LogP contribution < -0.4 is 0 Å². The second-order valence-corrected chi connectivity index (χ2v) is 4.80. The Morgan fingerprint density at radius 2 is 2.06 bits per heavy atom. The van der Waals surface area contributed by atoms with Crippen molar-refractivity contribution in [2.75, 3.05) is 7.11 Å². The second-order valence-electron chi connectivity index (χ2n) is 4.80. The van der Waals surface area contributed by atoms with Gasteiger partial charge in [0, 0.05) is 5.92 Å². The smallest absolute Gasteiger partial charge is 0.308 e. The molecule has 0 radical (unpaired) electrons. The Labute approximate surface area is 103 Å². The molecule has 0 amide bonds. The topological polar surface area (TPSA) is 44.8 Å². The highest BCUT2D eigenvalue weighted by Crippen LogP contribution is 2.33. The molecule has 0 aromatic heterocycles. The van der Waals surface area contributed by atoms with Gasteiger partial charge in [0.2, 0.25) is 0 Å². The van der Waals surface area contributed by atoms with Crippen LogP contribution in [0.5, 0.6) is 0 Å². The van der Waals surface area contributed by atoms with Gasteiger partial charge in [0.1, 0.15) is 0 Å². The standard InChI is InChI=1S/C13H22O4/c1-6-7-10-9(2)11(8-12(14)15-5)17-13(3,4)16-10/h6-7,9-11H,8H2,1-5H3/b7-6+/t9-,10-,11-/m1/s1. The molecule has 0 saturated carbocycles. The Kier molecular flexibility index (Phi) is 4.71. The summed E-state index contributed by atoms with van der Waals surface area (Å²) in [5.41, 5.74) is 0. The van der Waals surface area contributed by atoms with Gasteiger partial charge in [0.05, 0.1) is 25.7 Å². The molecule has 17 heavy (non-hydrogen) atoms. The van der Waals surface area contributed by atoms with Crippen molar-refractivity contribution < 1.29 is 19.0 Å². The molecule has 0 unspecified atom stereocenters. The molecule has 0 spiro atoms. The number of hydrogen-bond acceptors (Lipinski definition) is 4. The van der Waals surface area contributed by atoms with Gasteiger partial charge >= 0.3 is 5.97 Å². The fourth-order valence-corrected chi connectivity index (χ4v) is 2.03. The number of hydrogen-bond donors (Lipinski definition) is 0. The lowest BCUT2D eigenvalue weighted by Crippen LogP contribution is -2.50. The van der Waals surface area contributed by atoms with Gasteiger partial charge in [0.15, 0.2) is 5.79 Å². The lowest BCUT2D eigenvalue weighted by molar-refractivity contribution is -0.309. The van der Waals surface area contributed by atoms with Crippen LogP contribution in [0.3, 0.4) is 0 Å². The van der Waals surface area contributed by atoms with Crippen molar-refractivity contribution in [1.82, 2.24) is 0 Å². The van der Waals surface area contributed by atoms with Crippen LogP contribution in [-0.2, 0) is 19.0 Å². The number of ether oxygens (including phenoxy) is 3. The van der Waals surface area contributed by atoms with E-state index >= 15 is 0 Å². The van der Waals surface area contributed by atoms with E-state index in [0.717, 1.165) is 0 Å². The van der Waals surface area contributed by atoms with Crippen LogP contribution in [0, 0.1) is 5.92 Å². The Balaban J connectivity index is 2.77. The van der Waals surface area contributed by atoms with Gasteiger partial charge in [-0.3, -0.25) is 4.79 Å². The molecule has 1 rings (SSSR count). The van der Waals surface area contributed by atoms with Crippen LogP contribution in [0.4, 0.5) is 0 Å². The molecule has 1 heterocycles. The second kappa shape index (κ2) is 5.65. The zero-order valence-electron chi connectivity index (χ0n) is 11.2. The van der Waals surface area contributed by atoms with Crippen molar-refractivity contribution in [2.24, 2.45) is 5.92 Å². The molecule has 1 aliphatic rings. The summed E-state index contributed by atoms with van der Waals surface area (Å²) in [6.45, 7) is 7.70. The molecule has 0 aromatic rings. The van der Waals surface area contributed by atoms with E-state index < -0.39 is 5.79 Å². The van der Waals surface area contributed by atoms with Gasteiger partial charge < -0.3 is 14.2 Å². The molecule has 0 N–H and O–H groups in total. The molecule has 1 saturated heterocycles. The first-order valence-corrected chi connectivity index (χ1v) is 5.95. The van der Waals surface area contributed by atoms with E-state index in [1.165, 1.54) is 7.11 Å². The summed E-state index contributed by atoms with van der Waals surface area (Å²) in [5.74, 6) is -0.799. The average molecular weight is 242 g/mol. The molecule has 4 nitrogen and oxygen atoms in total. The zero-order valence-corrected chi connectivity index (χ0v) is 11.2. The monoisotopic (exact) mass is 242 g/mol. The van der Waals surface area contributed by atoms with Gasteiger partial charge in [-0.2, -0.15) is 0 Å². The third-order valence-electron chi connectivity index (χ3n) is 2.94. The maximum Gasteiger partial charge on any atom is 0.308 e. The molecular weight excluding hydrogens is 220 g/mol. The van der Waals surface area contributed by atoms with E-state index in [0.29, 0.717) is 0 Å². The van der Waals surface area contributed by atoms with E-state index in [1.807, 2.05) is 39.8 Å². The molecule has 0 bridgehead atoms. The summed E-state index contributed by atoms with van der Waals surface area (Å²) in [6.07, 6.45) is 4.01. The van der Waals surface area contributed by atoms with E-state index in [-0.39, 0.29) is 30.5 Å². The van der Waals surface area contributed by atoms with Gasteiger partial charge in [-0.05, 0) is 20.8 Å². The Bertz CT molecular complexity index is 296. The quantitative estimate of drug-likeness (QED) is 0.562. The number of carbonyl (C=O) groups excluding carboxylic acids is 1. The summed E-state index contributed by atoms with van der Waals surface area (Å²) in [4.78, 5) is 11.3. The predicted octanol–water partition coefficient (Wildman–Crippen LogP) is 2.28. The van der Waals surface area contributed by atoms with E-state index in [9.17, 15) is 4.79 Å². The molecule has 98 valence electrons. The first-order chi connectivity index (χ1) is 7.89. The number of methoxy groups -OCH3 is 1. The fourth-order valence-electron chi connectivity index (χ4n) is 2.03. The lowest BCUT2D eigenvalue weighted by atomic mass is 9.93. The van der Waals surface area contributed by atoms with E-state index in [1.54, 1.807) is 0 Å². The summed E-state index contributed by atoms with van der Waals surface area (Å²) >= 11 is 0. The van der Waals surface area contributed by atoms with Crippen LogP contribution >= 0.6 is 0 Å². The van der Waals surface area contributed by atoms with Crippen LogP contribution in [0.25, 0.3) is 0 Å². The first-order valence-electron chi connectivity index (χ1n) is 5.95. The Morgan fingerprint density at radius 1 is 1.41 bits per heavy atom. The van der Waals surface area contributed by atoms with Crippen molar-refractivity contribution in [1.29, 1.82) is 0 Å². The van der Waals surface area contributed by atoms with Crippen molar-refractivity contribution in [2.45, 2.75) is 52.1 Å². The number of carbonyl (C=O) groups is 1. The van der Waals surface area contributed by atoms with Gasteiger partial charge in [-0.15, -0.1) is 0 Å². The maximum absolute atomic E-state index is 11.3. The van der Waals surface area contributed by atoms with Crippen LogP contribution in [0.2, 0.25) is 0 Å². The van der Waals surface area contributed by atoms with Crippen LogP contribution in [-0.4, -0.2) is 31.1 Å². The molecular formula is C13H22O4. The third-order valence-corrected chi connectivity index (χ3v) is 2.94. The maximum atomic E-state index is 11.3. The summed E-state index contributed by atoms with van der Waals surface area (Å²) in [5, 5.41) is 0. The highest BCUT2D eigenvalue weighted by molar-refractivity contribution is 5.69. The largest absolute Gasteiger partial charge is 0.469 e. The van der Waals surface area contributed by atoms with Gasteiger partial charge in [-0.1, -0.05) is 19.1 Å². The van der Waals surface area contributed by atoms with Crippen molar-refractivity contribution >= 4 is 5.97 Å². The number of rotatable bonds is 3. The number of allylic oxidation sites excluding steroid dienone is 1. The minimum absolute atomic E-state index is 0.0293. The van der Waals surface area contributed by atoms with Crippen LogP contribution in [0.1, 0.15) is 34.1 Å². The average Bonchev–Trinajstić information content (AvgIpc) is 2.24. The molecule has 0 aliphatic carbocycles. The molecule has 1 fully saturated rings. The SMILES string of the molecule is C/C=C/[C@H]1OC(C)(C)O[C@H](CC(=O)OC)[C@@H]1C. The van der Waals surface area contributed by atoms with E-state index in [2.05, 4.69) is 4.74 Å². The minimum Gasteiger partial charge on any atom is -0.469 e. The highest BCUT2D eigenvalue weighted by Gasteiger charge is 2.40. The summed E-state index contributed by atoms with van der Waals surface area (Å²) in [7, 11) is 1.39. The summed E-state index contributed by atoms with van der Waals surface area (Å²) in [6, 6.07) is 0. The molecule has 1 aliphatic heterocycles. The molecule has 0 aromatic carbocycles. The van der Waals surface area contributed by atoms with Crippen molar-refractivity contribution in [3.05, 3.63) is 12.2 Å². The minimum atomic E-state index is -0.671. The lowest BCUT2D eigenvalue weighted by Gasteiger charge is -2.43.